The summed E-state index contributed by atoms with van der Waals surface area (Å²) in [5.74, 6) is 1.90. The quantitative estimate of drug-likeness (QED) is 0.656. The van der Waals surface area contributed by atoms with Crippen LogP contribution in [0, 0.1) is 23.2 Å². The van der Waals surface area contributed by atoms with Crippen molar-refractivity contribution in [1.82, 2.24) is 0 Å². The van der Waals surface area contributed by atoms with Gasteiger partial charge in [-0.15, -0.1) is 0 Å². The fourth-order valence-electron chi connectivity index (χ4n) is 3.08. The number of hydrogen-bond donors (Lipinski definition) is 0. The summed E-state index contributed by atoms with van der Waals surface area (Å²) in [6, 6.07) is 0. The Bertz CT molecular complexity index is 320. The number of Topliss-reactive ketones (excluding diaryl/α,β-unsaturated/α-hetero) is 1. The molecule has 0 unspecified atom stereocenters. The molecule has 2 rings (SSSR count). The summed E-state index contributed by atoms with van der Waals surface area (Å²) in [5.41, 5.74) is 2.94. The van der Waals surface area contributed by atoms with E-state index in [1.807, 2.05) is 13.8 Å². The molecule has 0 aromatic heterocycles. The van der Waals surface area contributed by atoms with E-state index in [2.05, 4.69) is 20.8 Å². The number of carbonyl (C=O) groups is 1. The van der Waals surface area contributed by atoms with Crippen LogP contribution in [0.3, 0.4) is 0 Å². The van der Waals surface area contributed by atoms with Gasteiger partial charge in [-0.3, -0.25) is 4.79 Å². The van der Waals surface area contributed by atoms with Crippen molar-refractivity contribution in [1.29, 1.82) is 0 Å². The molecule has 0 aromatic rings. The van der Waals surface area contributed by atoms with Crippen molar-refractivity contribution in [3.05, 3.63) is 11.1 Å². The van der Waals surface area contributed by atoms with Gasteiger partial charge in [0, 0.05) is 5.92 Å². The molecule has 1 fully saturated rings. The third-order valence-electron chi connectivity index (χ3n) is 4.14. The van der Waals surface area contributed by atoms with Gasteiger partial charge in [-0.05, 0) is 36.2 Å². The van der Waals surface area contributed by atoms with Crippen molar-refractivity contribution in [2.24, 2.45) is 23.2 Å². The standard InChI is InChI=1S/C13H20O/c1-7(2)12(14)10-8(3)6-9-11(10)13(9,4)5/h7,9,11H,6H2,1-5H3/t9-,11-/m0/s1. The van der Waals surface area contributed by atoms with Crippen molar-refractivity contribution >= 4 is 5.78 Å². The third-order valence-corrected chi connectivity index (χ3v) is 4.14. The van der Waals surface area contributed by atoms with Crippen LogP contribution < -0.4 is 0 Å². The molecule has 0 spiro atoms. The zero-order chi connectivity index (χ0) is 10.7. The smallest absolute Gasteiger partial charge is 0.161 e. The van der Waals surface area contributed by atoms with E-state index < -0.39 is 0 Å². The van der Waals surface area contributed by atoms with Gasteiger partial charge in [0.05, 0.1) is 0 Å². The van der Waals surface area contributed by atoms with Gasteiger partial charge in [-0.2, -0.15) is 0 Å². The fourth-order valence-corrected chi connectivity index (χ4v) is 3.08. The molecule has 0 aliphatic heterocycles. The van der Waals surface area contributed by atoms with Gasteiger partial charge in [-0.25, -0.2) is 0 Å². The Morgan fingerprint density at radius 1 is 1.43 bits per heavy atom. The minimum absolute atomic E-state index is 0.162. The lowest BCUT2D eigenvalue weighted by atomic mass is 9.90. The average Bonchev–Trinajstić information content (AvgIpc) is 2.43. The maximum Gasteiger partial charge on any atom is 0.161 e. The average molecular weight is 192 g/mol. The first-order valence-electron chi connectivity index (χ1n) is 5.61. The van der Waals surface area contributed by atoms with Crippen LogP contribution in [0.1, 0.15) is 41.0 Å². The number of fused-ring (bicyclic) bond motifs is 1. The van der Waals surface area contributed by atoms with E-state index in [4.69, 9.17) is 0 Å². The van der Waals surface area contributed by atoms with Gasteiger partial charge < -0.3 is 0 Å². The van der Waals surface area contributed by atoms with Crippen LogP contribution in [0.25, 0.3) is 0 Å². The molecule has 0 bridgehead atoms. The Hall–Kier alpha value is -0.590. The highest BCUT2D eigenvalue weighted by molar-refractivity contribution is 5.99. The number of rotatable bonds is 2. The first-order chi connectivity index (χ1) is 6.37. The highest BCUT2D eigenvalue weighted by Crippen LogP contribution is 2.68. The Balaban J connectivity index is 2.27. The molecule has 0 radical (unpaired) electrons. The topological polar surface area (TPSA) is 17.1 Å². The summed E-state index contributed by atoms with van der Waals surface area (Å²) in [6.45, 7) is 10.7. The number of carbonyl (C=O) groups excluding carboxylic acids is 1. The van der Waals surface area contributed by atoms with E-state index in [1.165, 1.54) is 11.1 Å². The molecule has 14 heavy (non-hydrogen) atoms. The minimum Gasteiger partial charge on any atom is -0.294 e. The van der Waals surface area contributed by atoms with Crippen LogP contribution >= 0.6 is 0 Å². The maximum absolute atomic E-state index is 12.0. The summed E-state index contributed by atoms with van der Waals surface area (Å²) in [6.07, 6.45) is 1.16. The molecule has 0 heterocycles. The van der Waals surface area contributed by atoms with E-state index in [0.29, 0.717) is 17.1 Å². The van der Waals surface area contributed by atoms with Crippen molar-refractivity contribution in [3.8, 4) is 0 Å². The van der Waals surface area contributed by atoms with E-state index in [-0.39, 0.29) is 5.92 Å². The lowest BCUT2D eigenvalue weighted by Gasteiger charge is -2.14. The summed E-state index contributed by atoms with van der Waals surface area (Å²) >= 11 is 0. The highest BCUT2D eigenvalue weighted by Gasteiger charge is 2.63. The molecule has 0 N–H and O–H groups in total. The number of allylic oxidation sites excluding steroid dienone is 2. The summed E-state index contributed by atoms with van der Waals surface area (Å²) in [7, 11) is 0. The first-order valence-corrected chi connectivity index (χ1v) is 5.61. The van der Waals surface area contributed by atoms with Gasteiger partial charge in [0.25, 0.3) is 0 Å². The first kappa shape index (κ1) is 9.95. The molecule has 78 valence electrons. The third kappa shape index (κ3) is 1.11. The van der Waals surface area contributed by atoms with Gasteiger partial charge in [0.2, 0.25) is 0 Å². The SMILES string of the molecule is CC1=C(C(=O)C(C)C)[C@@H]2[C@H](C1)C2(C)C. The molecule has 2 aliphatic carbocycles. The van der Waals surface area contributed by atoms with Crippen LogP contribution in [0.2, 0.25) is 0 Å². The molecular weight excluding hydrogens is 172 g/mol. The molecule has 0 aromatic carbocycles. The van der Waals surface area contributed by atoms with E-state index >= 15 is 0 Å². The molecule has 1 nitrogen and oxygen atoms in total. The molecular formula is C13H20O. The zero-order valence-corrected chi connectivity index (χ0v) is 9.85. The minimum atomic E-state index is 0.162. The van der Waals surface area contributed by atoms with Crippen LogP contribution in [0.5, 0.6) is 0 Å². The van der Waals surface area contributed by atoms with E-state index in [1.54, 1.807) is 0 Å². The van der Waals surface area contributed by atoms with Crippen LogP contribution in [-0.2, 0) is 4.79 Å². The molecule has 0 saturated heterocycles. The van der Waals surface area contributed by atoms with Gasteiger partial charge in [-0.1, -0.05) is 33.3 Å². The second kappa shape index (κ2) is 2.71. The zero-order valence-electron chi connectivity index (χ0n) is 9.85. The van der Waals surface area contributed by atoms with Gasteiger partial charge in [0.15, 0.2) is 5.78 Å². The van der Waals surface area contributed by atoms with Crippen molar-refractivity contribution in [2.45, 2.75) is 41.0 Å². The lowest BCUT2D eigenvalue weighted by Crippen LogP contribution is -2.14. The predicted molar refractivity (Wildman–Crippen MR) is 57.9 cm³/mol. The van der Waals surface area contributed by atoms with Gasteiger partial charge >= 0.3 is 0 Å². The number of ketones is 1. The van der Waals surface area contributed by atoms with Crippen LogP contribution in [0.15, 0.2) is 11.1 Å². The summed E-state index contributed by atoms with van der Waals surface area (Å²) < 4.78 is 0. The molecule has 0 amide bonds. The Kier molecular flexibility index (Phi) is 1.93. The van der Waals surface area contributed by atoms with Gasteiger partial charge in [0.1, 0.15) is 0 Å². The van der Waals surface area contributed by atoms with Crippen LogP contribution in [-0.4, -0.2) is 5.78 Å². The van der Waals surface area contributed by atoms with E-state index in [0.717, 1.165) is 12.3 Å². The highest BCUT2D eigenvalue weighted by atomic mass is 16.1. The Labute approximate surface area is 86.6 Å². The summed E-state index contributed by atoms with van der Waals surface area (Å²) in [5, 5.41) is 0. The molecule has 2 atom stereocenters. The second-order valence-electron chi connectivity index (χ2n) is 5.82. The molecule has 2 aliphatic rings. The van der Waals surface area contributed by atoms with E-state index in [9.17, 15) is 4.79 Å². The number of hydrogen-bond acceptors (Lipinski definition) is 1. The van der Waals surface area contributed by atoms with Crippen molar-refractivity contribution in [2.75, 3.05) is 0 Å². The Morgan fingerprint density at radius 3 is 2.43 bits per heavy atom. The summed E-state index contributed by atoms with van der Waals surface area (Å²) in [4.78, 5) is 12.0. The Morgan fingerprint density at radius 2 is 2.00 bits per heavy atom. The fraction of sp³-hybridized carbons (Fsp3) is 0.769. The largest absolute Gasteiger partial charge is 0.294 e. The van der Waals surface area contributed by atoms with Crippen molar-refractivity contribution < 1.29 is 4.79 Å². The lowest BCUT2D eigenvalue weighted by molar-refractivity contribution is -0.118. The molecule has 1 saturated carbocycles. The monoisotopic (exact) mass is 192 g/mol. The second-order valence-corrected chi connectivity index (χ2v) is 5.82. The maximum atomic E-state index is 12.0. The predicted octanol–water partition coefficient (Wildman–Crippen LogP) is 3.20. The molecule has 1 heteroatoms. The normalized spacial score (nSPS) is 33.6. The van der Waals surface area contributed by atoms with Crippen molar-refractivity contribution in [3.63, 3.8) is 0 Å². The van der Waals surface area contributed by atoms with Crippen LogP contribution in [0.4, 0.5) is 0 Å².